The molecule has 38 heavy (non-hydrogen) atoms. The lowest BCUT2D eigenvalue weighted by Crippen LogP contribution is -2.45. The van der Waals surface area contributed by atoms with Gasteiger partial charge in [-0.15, -0.1) is 11.3 Å². The summed E-state index contributed by atoms with van der Waals surface area (Å²) < 4.78 is 70.1. The number of aliphatic imine (C=N–C) groups is 1. The smallest absolute Gasteiger partial charge is 0.326 e. The number of nitrogens with one attached hydrogen (secondary N) is 1. The van der Waals surface area contributed by atoms with Crippen molar-refractivity contribution in [2.24, 2.45) is 4.99 Å². The molecular weight excluding hydrogens is 561 g/mol. The summed E-state index contributed by atoms with van der Waals surface area (Å²) in [5, 5.41) is 6.21. The maximum absolute atomic E-state index is 13.9. The maximum Gasteiger partial charge on any atom is 0.333 e. The van der Waals surface area contributed by atoms with Gasteiger partial charge in [0, 0.05) is 58.6 Å². The van der Waals surface area contributed by atoms with Crippen LogP contribution >= 0.6 is 22.9 Å². The van der Waals surface area contributed by atoms with Gasteiger partial charge in [-0.25, -0.2) is 27.2 Å². The Morgan fingerprint density at radius 2 is 2.03 bits per heavy atom. The lowest BCUT2D eigenvalue weighted by Gasteiger charge is -2.32. The van der Waals surface area contributed by atoms with Crippen LogP contribution in [-0.4, -0.2) is 51.8 Å². The van der Waals surface area contributed by atoms with E-state index in [0.717, 1.165) is 6.42 Å². The number of halogens is 4. The topological polar surface area (TPSA) is 92.5 Å². The summed E-state index contributed by atoms with van der Waals surface area (Å²) in [7, 11) is -3.52. The number of hydrogen-bond acceptors (Lipinski definition) is 7. The first-order chi connectivity index (χ1) is 18.2. The number of aromatic nitrogens is 3. The van der Waals surface area contributed by atoms with Gasteiger partial charge in [-0.3, -0.25) is 4.99 Å². The van der Waals surface area contributed by atoms with Crippen molar-refractivity contribution in [3.05, 3.63) is 74.8 Å². The van der Waals surface area contributed by atoms with E-state index in [1.165, 1.54) is 41.8 Å². The van der Waals surface area contributed by atoms with E-state index < -0.39 is 39.7 Å². The second-order valence-electron chi connectivity index (χ2n) is 9.40. The Morgan fingerprint density at radius 3 is 2.66 bits per heavy atom. The molecule has 4 heterocycles. The molecule has 1 N–H and O–H groups in total. The van der Waals surface area contributed by atoms with E-state index in [-0.39, 0.29) is 23.7 Å². The average Bonchev–Trinajstić information content (AvgIpc) is 3.57. The molecule has 1 saturated heterocycles. The minimum absolute atomic E-state index is 0.123. The zero-order valence-electron chi connectivity index (χ0n) is 19.8. The van der Waals surface area contributed by atoms with E-state index in [2.05, 4.69) is 14.8 Å². The Hall–Kier alpha value is -2.74. The molecule has 1 aliphatic carbocycles. The fourth-order valence-corrected chi connectivity index (χ4v) is 7.72. The molecule has 14 heteroatoms. The number of rotatable bonds is 7. The van der Waals surface area contributed by atoms with E-state index in [1.807, 2.05) is 4.90 Å². The molecule has 2 aliphatic heterocycles. The lowest BCUT2D eigenvalue weighted by atomic mass is 9.92. The van der Waals surface area contributed by atoms with Crippen LogP contribution < -0.4 is 4.72 Å². The van der Waals surface area contributed by atoms with Crippen molar-refractivity contribution in [2.75, 3.05) is 6.54 Å². The number of sulfonamides is 1. The van der Waals surface area contributed by atoms with Gasteiger partial charge in [0.25, 0.3) is 0 Å². The number of alkyl halides is 2. The lowest BCUT2D eigenvalue weighted by molar-refractivity contribution is 0.0564. The highest BCUT2D eigenvalue weighted by Gasteiger charge is 2.43. The summed E-state index contributed by atoms with van der Waals surface area (Å²) in [6.45, 7) is -2.57. The number of fused-ring (bicyclic) bond motifs is 1. The molecule has 2 aromatic heterocycles. The minimum atomic E-state index is -3.52. The molecule has 200 valence electrons. The summed E-state index contributed by atoms with van der Waals surface area (Å²) in [6, 6.07) is 4.12. The third-order valence-corrected chi connectivity index (χ3v) is 10.2. The summed E-state index contributed by atoms with van der Waals surface area (Å²) in [5.74, 6) is -0.0226. The molecule has 0 unspecified atom stereocenters. The Balaban J connectivity index is 1.50. The number of thiazole rings is 1. The van der Waals surface area contributed by atoms with Crippen molar-refractivity contribution in [1.82, 2.24) is 24.4 Å². The van der Waals surface area contributed by atoms with Crippen LogP contribution in [-0.2, 0) is 10.0 Å². The van der Waals surface area contributed by atoms with Crippen molar-refractivity contribution in [2.45, 2.75) is 49.6 Å². The van der Waals surface area contributed by atoms with Crippen molar-refractivity contribution < 1.29 is 21.6 Å². The number of benzene rings is 1. The van der Waals surface area contributed by atoms with Crippen LogP contribution in [0, 0.1) is 5.82 Å². The van der Waals surface area contributed by atoms with Crippen LogP contribution in [0.15, 0.2) is 52.7 Å². The minimum Gasteiger partial charge on any atom is -0.326 e. The normalized spacial score (nSPS) is 22.1. The van der Waals surface area contributed by atoms with E-state index in [1.54, 1.807) is 11.6 Å². The zero-order valence-corrected chi connectivity index (χ0v) is 22.2. The molecule has 0 bridgehead atoms. The zero-order chi connectivity index (χ0) is 26.6. The van der Waals surface area contributed by atoms with Crippen LogP contribution in [0.4, 0.5) is 13.2 Å². The van der Waals surface area contributed by atoms with Gasteiger partial charge in [-0.2, -0.15) is 13.9 Å². The third kappa shape index (κ3) is 4.55. The Kier molecular flexibility index (Phi) is 6.57. The summed E-state index contributed by atoms with van der Waals surface area (Å²) in [4.78, 5) is 11.2. The summed E-state index contributed by atoms with van der Waals surface area (Å²) in [6.07, 6.45) is 5.23. The molecule has 0 amide bonds. The van der Waals surface area contributed by atoms with Crippen LogP contribution in [0.5, 0.6) is 0 Å². The fourth-order valence-electron chi connectivity index (χ4n) is 5.04. The maximum atomic E-state index is 13.9. The SMILES string of the molecule is O=S(=O)(N[C@H]1CC2=C(c3ccn(C(F)F)n3)[C@H](c3ccc(F)cc3Cl)N=C(c3nccs3)N2C1)C1CCC1. The molecule has 3 aromatic rings. The molecular formula is C24H22ClF3N6O2S2. The van der Waals surface area contributed by atoms with Crippen LogP contribution in [0.2, 0.25) is 5.02 Å². The van der Waals surface area contributed by atoms with Gasteiger partial charge in [-0.05, 0) is 31.0 Å². The molecule has 6 rings (SSSR count). The highest BCUT2D eigenvalue weighted by molar-refractivity contribution is 7.90. The van der Waals surface area contributed by atoms with Gasteiger partial charge < -0.3 is 4.90 Å². The Bertz CT molecular complexity index is 1540. The number of amidine groups is 1. The standard InChI is InChI=1S/C24H22ClF3N6O2S2/c25-17-10-13(26)4-5-16(17)21-20(18-6-8-34(31-18)24(27)28)19-11-14(32-38(35,36)15-2-1-3-15)12-33(19)22(30-21)23-29-7-9-37-23/h4-10,14-15,21,24,32H,1-3,11-12H2/t14-,21-/m0/s1. The molecule has 2 atom stereocenters. The van der Waals surface area contributed by atoms with Gasteiger partial charge in [0.15, 0.2) is 10.8 Å². The van der Waals surface area contributed by atoms with Gasteiger partial charge in [0.2, 0.25) is 10.0 Å². The highest BCUT2D eigenvalue weighted by atomic mass is 35.5. The van der Waals surface area contributed by atoms with Crippen LogP contribution in [0.25, 0.3) is 5.57 Å². The third-order valence-electron chi connectivity index (χ3n) is 7.05. The van der Waals surface area contributed by atoms with Gasteiger partial charge in [-0.1, -0.05) is 24.1 Å². The molecule has 0 radical (unpaired) electrons. The summed E-state index contributed by atoms with van der Waals surface area (Å²) >= 11 is 7.83. The average molecular weight is 583 g/mol. The number of hydrogen-bond donors (Lipinski definition) is 1. The van der Waals surface area contributed by atoms with Gasteiger partial charge in [0.05, 0.1) is 10.9 Å². The first-order valence-corrected chi connectivity index (χ1v) is 14.8. The molecule has 1 aromatic carbocycles. The van der Waals surface area contributed by atoms with Crippen molar-refractivity contribution in [3.8, 4) is 0 Å². The van der Waals surface area contributed by atoms with Crippen molar-refractivity contribution >= 4 is 44.4 Å². The van der Waals surface area contributed by atoms with Crippen molar-refractivity contribution in [1.29, 1.82) is 0 Å². The fraction of sp³-hybridized carbons (Fsp3) is 0.375. The van der Waals surface area contributed by atoms with Crippen molar-refractivity contribution in [3.63, 3.8) is 0 Å². The quantitative estimate of drug-likeness (QED) is 0.424. The molecule has 1 saturated carbocycles. The van der Waals surface area contributed by atoms with Crippen LogP contribution in [0.1, 0.15) is 54.5 Å². The van der Waals surface area contributed by atoms with E-state index >= 15 is 0 Å². The second-order valence-corrected chi connectivity index (χ2v) is 12.7. The van der Waals surface area contributed by atoms with E-state index in [4.69, 9.17) is 16.6 Å². The first kappa shape index (κ1) is 25.5. The highest BCUT2D eigenvalue weighted by Crippen LogP contribution is 2.46. The molecule has 0 spiro atoms. The molecule has 3 aliphatic rings. The monoisotopic (exact) mass is 582 g/mol. The van der Waals surface area contributed by atoms with Gasteiger partial charge >= 0.3 is 6.55 Å². The first-order valence-electron chi connectivity index (χ1n) is 12.0. The van der Waals surface area contributed by atoms with E-state index in [9.17, 15) is 21.6 Å². The molecule has 2 fully saturated rings. The Morgan fingerprint density at radius 1 is 1.21 bits per heavy atom. The largest absolute Gasteiger partial charge is 0.333 e. The number of nitrogens with zero attached hydrogens (tertiary/aromatic N) is 5. The molecule has 8 nitrogen and oxygen atoms in total. The predicted molar refractivity (Wildman–Crippen MR) is 138 cm³/mol. The predicted octanol–water partition coefficient (Wildman–Crippen LogP) is 4.99. The summed E-state index contributed by atoms with van der Waals surface area (Å²) in [5.41, 5.74) is 1.90. The van der Waals surface area contributed by atoms with Crippen LogP contribution in [0.3, 0.4) is 0 Å². The van der Waals surface area contributed by atoms with E-state index in [0.29, 0.717) is 45.2 Å². The second kappa shape index (κ2) is 9.78. The Labute approximate surface area is 225 Å². The van der Waals surface area contributed by atoms with Gasteiger partial charge in [0.1, 0.15) is 11.9 Å².